The summed E-state index contributed by atoms with van der Waals surface area (Å²) < 4.78 is 13.7. The summed E-state index contributed by atoms with van der Waals surface area (Å²) >= 11 is 0. The van der Waals surface area contributed by atoms with Gasteiger partial charge in [0.2, 0.25) is 0 Å². The molecule has 126 valence electrons. The molecule has 0 aliphatic carbocycles. The normalized spacial score (nSPS) is 11.7. The first-order chi connectivity index (χ1) is 9.88. The second kappa shape index (κ2) is 10.8. The van der Waals surface area contributed by atoms with Gasteiger partial charge in [0.1, 0.15) is 5.82 Å². The summed E-state index contributed by atoms with van der Waals surface area (Å²) in [6.07, 6.45) is 1.06. The molecule has 0 atom stereocenters. The Balaban J connectivity index is 0.00000441. The van der Waals surface area contributed by atoms with Crippen LogP contribution in [-0.4, -0.2) is 31.5 Å². The number of nitrogens with zero attached hydrogens (tertiary/aromatic N) is 2. The first-order valence-electron chi connectivity index (χ1n) is 7.34. The zero-order chi connectivity index (χ0) is 15.8. The van der Waals surface area contributed by atoms with Gasteiger partial charge < -0.3 is 16.0 Å². The first-order valence-corrected chi connectivity index (χ1v) is 7.34. The van der Waals surface area contributed by atoms with E-state index in [1.54, 1.807) is 6.07 Å². The Morgan fingerprint density at radius 1 is 1.36 bits per heavy atom. The van der Waals surface area contributed by atoms with E-state index in [0.29, 0.717) is 30.5 Å². The second-order valence-electron chi connectivity index (χ2n) is 5.97. The Bertz CT molecular complexity index is 475. The van der Waals surface area contributed by atoms with Crippen LogP contribution in [0.3, 0.4) is 0 Å². The Morgan fingerprint density at radius 3 is 2.64 bits per heavy atom. The van der Waals surface area contributed by atoms with Gasteiger partial charge >= 0.3 is 0 Å². The smallest absolute Gasteiger partial charge is 0.188 e. The quantitative estimate of drug-likeness (QED) is 0.404. The third kappa shape index (κ3) is 8.53. The fraction of sp³-hybridized carbons (Fsp3) is 0.562. The summed E-state index contributed by atoms with van der Waals surface area (Å²) in [6, 6.07) is 5.09. The summed E-state index contributed by atoms with van der Waals surface area (Å²) in [5.74, 6) is 0.893. The third-order valence-electron chi connectivity index (χ3n) is 3.06. The van der Waals surface area contributed by atoms with Gasteiger partial charge in [0, 0.05) is 18.7 Å². The van der Waals surface area contributed by atoms with Crippen molar-refractivity contribution in [3.8, 4) is 0 Å². The van der Waals surface area contributed by atoms with Crippen LogP contribution in [0.25, 0.3) is 0 Å². The summed E-state index contributed by atoms with van der Waals surface area (Å²) in [4.78, 5) is 6.23. The molecule has 4 nitrogen and oxygen atoms in total. The molecular formula is C16H28FIN4. The van der Waals surface area contributed by atoms with Gasteiger partial charge in [-0.25, -0.2) is 9.38 Å². The Hall–Kier alpha value is -0.890. The number of rotatable bonds is 7. The van der Waals surface area contributed by atoms with Gasteiger partial charge in [-0.15, -0.1) is 24.0 Å². The number of halogens is 2. The largest absolute Gasteiger partial charge is 0.370 e. The minimum Gasteiger partial charge on any atom is -0.370 e. The van der Waals surface area contributed by atoms with Crippen molar-refractivity contribution in [3.05, 3.63) is 35.1 Å². The van der Waals surface area contributed by atoms with E-state index in [2.05, 4.69) is 24.2 Å². The molecule has 0 fully saturated rings. The maximum absolute atomic E-state index is 13.7. The Morgan fingerprint density at radius 2 is 2.05 bits per heavy atom. The molecule has 0 radical (unpaired) electrons. The van der Waals surface area contributed by atoms with Crippen LogP contribution in [0.15, 0.2) is 23.2 Å². The zero-order valence-electron chi connectivity index (χ0n) is 13.9. The van der Waals surface area contributed by atoms with Crippen LogP contribution >= 0.6 is 24.0 Å². The molecular weight excluding hydrogens is 394 g/mol. The van der Waals surface area contributed by atoms with Crippen LogP contribution in [0.2, 0.25) is 0 Å². The monoisotopic (exact) mass is 422 g/mol. The molecule has 6 heteroatoms. The lowest BCUT2D eigenvalue weighted by Crippen LogP contribution is -2.32. The lowest BCUT2D eigenvalue weighted by Gasteiger charge is -2.12. The highest BCUT2D eigenvalue weighted by Gasteiger charge is 2.05. The van der Waals surface area contributed by atoms with Gasteiger partial charge in [-0.3, -0.25) is 0 Å². The SMILES string of the molecule is CC(C)CCNC(N)=NCc1ccc(F)c(CN(C)C)c1.I. The maximum atomic E-state index is 13.7. The van der Waals surface area contributed by atoms with Gasteiger partial charge in [0.15, 0.2) is 5.96 Å². The van der Waals surface area contributed by atoms with Crippen molar-refractivity contribution in [2.75, 3.05) is 20.6 Å². The van der Waals surface area contributed by atoms with Gasteiger partial charge in [-0.1, -0.05) is 19.9 Å². The number of aliphatic imine (C=N–C) groups is 1. The van der Waals surface area contributed by atoms with Crippen LogP contribution < -0.4 is 11.1 Å². The fourth-order valence-electron chi connectivity index (χ4n) is 1.91. The van der Waals surface area contributed by atoms with E-state index < -0.39 is 0 Å². The molecule has 0 amide bonds. The number of hydrogen-bond acceptors (Lipinski definition) is 2. The molecule has 0 saturated carbocycles. The number of hydrogen-bond donors (Lipinski definition) is 2. The lowest BCUT2D eigenvalue weighted by molar-refractivity contribution is 0.392. The van der Waals surface area contributed by atoms with Crippen molar-refractivity contribution in [2.45, 2.75) is 33.4 Å². The lowest BCUT2D eigenvalue weighted by atomic mass is 10.1. The van der Waals surface area contributed by atoms with Gasteiger partial charge in [-0.2, -0.15) is 0 Å². The van der Waals surface area contributed by atoms with E-state index in [4.69, 9.17) is 5.73 Å². The van der Waals surface area contributed by atoms with Crippen molar-refractivity contribution < 1.29 is 4.39 Å². The van der Waals surface area contributed by atoms with Crippen molar-refractivity contribution >= 4 is 29.9 Å². The number of nitrogens with one attached hydrogen (secondary N) is 1. The molecule has 0 unspecified atom stereocenters. The van der Waals surface area contributed by atoms with Gasteiger partial charge in [0.05, 0.1) is 6.54 Å². The van der Waals surface area contributed by atoms with E-state index in [9.17, 15) is 4.39 Å². The summed E-state index contributed by atoms with van der Waals surface area (Å²) in [6.45, 7) is 6.19. The van der Waals surface area contributed by atoms with E-state index >= 15 is 0 Å². The van der Waals surface area contributed by atoms with Gasteiger partial charge in [-0.05, 0) is 44.1 Å². The van der Waals surface area contributed by atoms with Crippen molar-refractivity contribution in [1.82, 2.24) is 10.2 Å². The van der Waals surface area contributed by atoms with E-state index in [-0.39, 0.29) is 29.8 Å². The van der Waals surface area contributed by atoms with Gasteiger partial charge in [0.25, 0.3) is 0 Å². The molecule has 0 aromatic heterocycles. The molecule has 3 N–H and O–H groups in total. The molecule has 1 rings (SSSR count). The highest BCUT2D eigenvalue weighted by atomic mass is 127. The molecule has 0 spiro atoms. The molecule has 0 saturated heterocycles. The van der Waals surface area contributed by atoms with Crippen LogP contribution in [-0.2, 0) is 13.1 Å². The Labute approximate surface area is 150 Å². The number of benzene rings is 1. The zero-order valence-corrected chi connectivity index (χ0v) is 16.2. The predicted octanol–water partition coefficient (Wildman–Crippen LogP) is 2.96. The topological polar surface area (TPSA) is 53.6 Å². The molecule has 0 aliphatic heterocycles. The van der Waals surface area contributed by atoms with Crippen molar-refractivity contribution in [3.63, 3.8) is 0 Å². The van der Waals surface area contributed by atoms with E-state index in [1.165, 1.54) is 6.07 Å². The van der Waals surface area contributed by atoms with E-state index in [1.807, 2.05) is 25.1 Å². The van der Waals surface area contributed by atoms with E-state index in [0.717, 1.165) is 18.5 Å². The number of nitrogens with two attached hydrogens (primary N) is 1. The highest BCUT2D eigenvalue weighted by Crippen LogP contribution is 2.13. The molecule has 0 heterocycles. The first kappa shape index (κ1) is 21.1. The highest BCUT2D eigenvalue weighted by molar-refractivity contribution is 14.0. The van der Waals surface area contributed by atoms with Crippen LogP contribution in [0.1, 0.15) is 31.4 Å². The molecule has 22 heavy (non-hydrogen) atoms. The van der Waals surface area contributed by atoms with Crippen LogP contribution in [0.5, 0.6) is 0 Å². The predicted molar refractivity (Wildman–Crippen MR) is 102 cm³/mol. The molecule has 1 aromatic rings. The summed E-state index contributed by atoms with van der Waals surface area (Å²) in [5, 5.41) is 3.09. The minimum atomic E-state index is -0.181. The third-order valence-corrected chi connectivity index (χ3v) is 3.06. The second-order valence-corrected chi connectivity index (χ2v) is 5.97. The number of guanidine groups is 1. The van der Waals surface area contributed by atoms with Crippen LogP contribution in [0.4, 0.5) is 4.39 Å². The van der Waals surface area contributed by atoms with Crippen molar-refractivity contribution in [2.24, 2.45) is 16.6 Å². The Kier molecular flexibility index (Phi) is 10.3. The summed E-state index contributed by atoms with van der Waals surface area (Å²) in [7, 11) is 3.84. The van der Waals surface area contributed by atoms with Crippen LogP contribution in [0, 0.1) is 11.7 Å². The fourth-order valence-corrected chi connectivity index (χ4v) is 1.91. The molecule has 1 aromatic carbocycles. The average Bonchev–Trinajstić information content (AvgIpc) is 2.38. The maximum Gasteiger partial charge on any atom is 0.188 e. The minimum absolute atomic E-state index is 0. The average molecular weight is 422 g/mol. The molecule has 0 aliphatic rings. The van der Waals surface area contributed by atoms with Crippen molar-refractivity contribution in [1.29, 1.82) is 0 Å². The molecule has 0 bridgehead atoms. The standard InChI is InChI=1S/C16H27FN4.HI/c1-12(2)7-8-19-16(18)20-10-13-5-6-15(17)14(9-13)11-21(3)4;/h5-6,9,12H,7-8,10-11H2,1-4H3,(H3,18,19,20);1H. The summed E-state index contributed by atoms with van der Waals surface area (Å²) in [5.41, 5.74) is 7.45.